The van der Waals surface area contributed by atoms with Gasteiger partial charge in [-0.2, -0.15) is 0 Å². The predicted molar refractivity (Wildman–Crippen MR) is 115 cm³/mol. The van der Waals surface area contributed by atoms with Crippen molar-refractivity contribution in [3.05, 3.63) is 65.2 Å². The van der Waals surface area contributed by atoms with Gasteiger partial charge in [0.25, 0.3) is 0 Å². The van der Waals surface area contributed by atoms with E-state index in [4.69, 9.17) is 0 Å². The van der Waals surface area contributed by atoms with E-state index in [1.165, 1.54) is 5.56 Å². The number of hydrogen-bond donors (Lipinski definition) is 1. The number of rotatable bonds is 5. The van der Waals surface area contributed by atoms with E-state index in [1.54, 1.807) is 0 Å². The van der Waals surface area contributed by atoms with Crippen LogP contribution in [0.15, 0.2) is 48.5 Å². The zero-order chi connectivity index (χ0) is 20.4. The summed E-state index contributed by atoms with van der Waals surface area (Å²) in [4.78, 5) is 30.4. The molecule has 2 aliphatic rings. The standard InChI is InChI=1S/C24H29N3O2/c1-18-14-19(2)16-21(15-18)25-22(28)24(8-9-24)23(29)27-12-10-26(11-13-27)17-20-6-4-3-5-7-20/h3-7,14-16H,8-13,17H2,1-2H3,(H,25,28). The molecule has 2 aromatic carbocycles. The minimum atomic E-state index is -0.862. The molecule has 2 amide bonds. The molecule has 2 aromatic rings. The third kappa shape index (κ3) is 4.35. The van der Waals surface area contributed by atoms with Gasteiger partial charge in [-0.3, -0.25) is 14.5 Å². The minimum absolute atomic E-state index is 0.00117. The molecule has 1 aliphatic heterocycles. The third-order valence-corrected chi connectivity index (χ3v) is 5.98. The van der Waals surface area contributed by atoms with Gasteiger partial charge in [0.05, 0.1) is 0 Å². The fourth-order valence-electron chi connectivity index (χ4n) is 4.21. The maximum absolute atomic E-state index is 13.2. The summed E-state index contributed by atoms with van der Waals surface area (Å²) in [7, 11) is 0. The predicted octanol–water partition coefficient (Wildman–Crippen LogP) is 3.37. The van der Waals surface area contributed by atoms with Crippen LogP contribution in [0.25, 0.3) is 0 Å². The van der Waals surface area contributed by atoms with E-state index in [9.17, 15) is 9.59 Å². The van der Waals surface area contributed by atoms with Crippen LogP contribution < -0.4 is 5.32 Å². The fourth-order valence-corrected chi connectivity index (χ4v) is 4.21. The van der Waals surface area contributed by atoms with Crippen LogP contribution >= 0.6 is 0 Å². The van der Waals surface area contributed by atoms with Crippen LogP contribution in [0.1, 0.15) is 29.5 Å². The Hall–Kier alpha value is -2.66. The third-order valence-electron chi connectivity index (χ3n) is 5.98. The maximum atomic E-state index is 13.2. The van der Waals surface area contributed by atoms with Crippen LogP contribution in [0.5, 0.6) is 0 Å². The highest BCUT2D eigenvalue weighted by molar-refractivity contribution is 6.13. The molecule has 0 atom stereocenters. The van der Waals surface area contributed by atoms with Crippen molar-refractivity contribution in [3.8, 4) is 0 Å². The lowest BCUT2D eigenvalue weighted by Crippen LogP contribution is -2.52. The zero-order valence-corrected chi connectivity index (χ0v) is 17.3. The lowest BCUT2D eigenvalue weighted by molar-refractivity contribution is -0.143. The van der Waals surface area contributed by atoms with Crippen molar-refractivity contribution in [2.45, 2.75) is 33.2 Å². The Morgan fingerprint density at radius 2 is 1.55 bits per heavy atom. The van der Waals surface area contributed by atoms with Gasteiger partial charge in [0.15, 0.2) is 0 Å². The molecule has 1 heterocycles. The second-order valence-corrected chi connectivity index (χ2v) is 8.47. The van der Waals surface area contributed by atoms with Gasteiger partial charge >= 0.3 is 0 Å². The lowest BCUT2D eigenvalue weighted by atomic mass is 10.0. The first-order chi connectivity index (χ1) is 14.0. The van der Waals surface area contributed by atoms with Gasteiger partial charge in [-0.1, -0.05) is 36.4 Å². The largest absolute Gasteiger partial charge is 0.339 e. The van der Waals surface area contributed by atoms with Crippen molar-refractivity contribution in [2.75, 3.05) is 31.5 Å². The first-order valence-corrected chi connectivity index (χ1v) is 10.4. The van der Waals surface area contributed by atoms with Gasteiger partial charge in [0.1, 0.15) is 5.41 Å². The van der Waals surface area contributed by atoms with E-state index >= 15 is 0 Å². The van der Waals surface area contributed by atoms with E-state index in [1.807, 2.05) is 36.9 Å². The number of amides is 2. The van der Waals surface area contributed by atoms with Crippen LogP contribution in [0.3, 0.4) is 0 Å². The summed E-state index contributed by atoms with van der Waals surface area (Å²) in [5, 5.41) is 2.99. The summed E-state index contributed by atoms with van der Waals surface area (Å²) in [6.45, 7) is 7.98. The van der Waals surface area contributed by atoms with E-state index in [0.717, 1.165) is 36.4 Å². The molecule has 5 nitrogen and oxygen atoms in total. The second kappa shape index (κ2) is 7.99. The number of aryl methyl sites for hydroxylation is 2. The summed E-state index contributed by atoms with van der Waals surface area (Å²) >= 11 is 0. The molecular weight excluding hydrogens is 362 g/mol. The van der Waals surface area contributed by atoms with Gasteiger partial charge < -0.3 is 10.2 Å². The Morgan fingerprint density at radius 1 is 0.931 bits per heavy atom. The number of piperazine rings is 1. The van der Waals surface area contributed by atoms with Gasteiger partial charge in [-0.15, -0.1) is 0 Å². The molecule has 1 saturated carbocycles. The van der Waals surface area contributed by atoms with Crippen LogP contribution in [0.4, 0.5) is 5.69 Å². The van der Waals surface area contributed by atoms with Crippen molar-refractivity contribution < 1.29 is 9.59 Å². The molecule has 0 unspecified atom stereocenters. The van der Waals surface area contributed by atoms with Crippen LogP contribution in [0.2, 0.25) is 0 Å². The molecule has 152 valence electrons. The Bertz CT molecular complexity index is 877. The quantitative estimate of drug-likeness (QED) is 0.795. The molecule has 5 heteroatoms. The highest BCUT2D eigenvalue weighted by Gasteiger charge is 2.58. The zero-order valence-electron chi connectivity index (χ0n) is 17.3. The monoisotopic (exact) mass is 391 g/mol. The molecule has 1 N–H and O–H groups in total. The van der Waals surface area contributed by atoms with Crippen molar-refractivity contribution in [2.24, 2.45) is 5.41 Å². The summed E-state index contributed by atoms with van der Waals surface area (Å²) in [6, 6.07) is 16.4. The van der Waals surface area contributed by atoms with Crippen molar-refractivity contribution in [3.63, 3.8) is 0 Å². The molecule has 0 aromatic heterocycles. The molecule has 1 aliphatic carbocycles. The molecule has 0 spiro atoms. The first kappa shape index (κ1) is 19.6. The average molecular weight is 392 g/mol. The normalized spacial score (nSPS) is 18.3. The highest BCUT2D eigenvalue weighted by atomic mass is 16.2. The van der Waals surface area contributed by atoms with Crippen LogP contribution in [0, 0.1) is 19.3 Å². The molecule has 4 rings (SSSR count). The first-order valence-electron chi connectivity index (χ1n) is 10.4. The van der Waals surface area contributed by atoms with E-state index < -0.39 is 5.41 Å². The second-order valence-electron chi connectivity index (χ2n) is 8.47. The van der Waals surface area contributed by atoms with Crippen LogP contribution in [-0.4, -0.2) is 47.8 Å². The van der Waals surface area contributed by atoms with E-state index in [0.29, 0.717) is 25.9 Å². The molecule has 2 fully saturated rings. The lowest BCUT2D eigenvalue weighted by Gasteiger charge is -2.36. The van der Waals surface area contributed by atoms with E-state index in [-0.39, 0.29) is 11.8 Å². The SMILES string of the molecule is Cc1cc(C)cc(NC(=O)C2(C(=O)N3CCN(Cc4ccccc4)CC3)CC2)c1. The highest BCUT2D eigenvalue weighted by Crippen LogP contribution is 2.48. The number of nitrogens with one attached hydrogen (secondary N) is 1. The summed E-state index contributed by atoms with van der Waals surface area (Å²) in [6.07, 6.45) is 1.29. The molecule has 1 saturated heterocycles. The van der Waals surface area contributed by atoms with Crippen LogP contribution in [-0.2, 0) is 16.1 Å². The Balaban J connectivity index is 1.35. The Morgan fingerprint density at radius 3 is 2.14 bits per heavy atom. The summed E-state index contributed by atoms with van der Waals surface area (Å²) < 4.78 is 0. The van der Waals surface area contributed by atoms with Gasteiger partial charge in [-0.05, 0) is 55.5 Å². The number of nitrogens with zero attached hydrogens (tertiary/aromatic N) is 2. The van der Waals surface area contributed by atoms with Gasteiger partial charge in [-0.25, -0.2) is 0 Å². The maximum Gasteiger partial charge on any atom is 0.240 e. The van der Waals surface area contributed by atoms with Crippen molar-refractivity contribution in [1.82, 2.24) is 9.80 Å². The van der Waals surface area contributed by atoms with Gasteiger partial charge in [0.2, 0.25) is 11.8 Å². The Kier molecular flexibility index (Phi) is 5.41. The molecule has 0 radical (unpaired) electrons. The van der Waals surface area contributed by atoms with E-state index in [2.05, 4.69) is 40.5 Å². The number of benzene rings is 2. The number of carbonyl (C=O) groups is 2. The fraction of sp³-hybridized carbons (Fsp3) is 0.417. The number of carbonyl (C=O) groups excluding carboxylic acids is 2. The minimum Gasteiger partial charge on any atom is -0.339 e. The summed E-state index contributed by atoms with van der Waals surface area (Å²) in [5.74, 6) is -0.155. The van der Waals surface area contributed by atoms with Crippen molar-refractivity contribution >= 4 is 17.5 Å². The number of hydrogen-bond acceptors (Lipinski definition) is 3. The average Bonchev–Trinajstić information content (AvgIpc) is 3.50. The smallest absolute Gasteiger partial charge is 0.240 e. The topological polar surface area (TPSA) is 52.7 Å². The van der Waals surface area contributed by atoms with Crippen molar-refractivity contribution in [1.29, 1.82) is 0 Å². The molecular formula is C24H29N3O2. The summed E-state index contributed by atoms with van der Waals surface area (Å²) in [5.41, 5.74) is 3.41. The molecule has 29 heavy (non-hydrogen) atoms. The molecule has 0 bridgehead atoms. The number of anilines is 1. The van der Waals surface area contributed by atoms with Gasteiger partial charge in [0, 0.05) is 38.4 Å². The Labute approximate surface area is 172 Å².